The Bertz CT molecular complexity index is 339. The lowest BCUT2D eigenvalue weighted by atomic mass is 9.72. The Balaban J connectivity index is 3.16. The van der Waals surface area contributed by atoms with Crippen LogP contribution in [0.5, 0.6) is 0 Å². The number of hydrogen-bond donors (Lipinski definition) is 0. The summed E-state index contributed by atoms with van der Waals surface area (Å²) in [6.45, 7) is 16.9. The summed E-state index contributed by atoms with van der Waals surface area (Å²) in [5.74, 6) is 0.194. The van der Waals surface area contributed by atoms with E-state index in [0.29, 0.717) is 0 Å². The Morgan fingerprint density at radius 2 is 1.47 bits per heavy atom. The molecule has 1 aliphatic heterocycles. The summed E-state index contributed by atoms with van der Waals surface area (Å²) >= 11 is 0. The number of carbonyl (C=O) groups is 1. The van der Waals surface area contributed by atoms with E-state index >= 15 is 0 Å². The fourth-order valence-electron chi connectivity index (χ4n) is 2.55. The van der Waals surface area contributed by atoms with Crippen molar-refractivity contribution in [3.8, 4) is 0 Å². The molecule has 0 bridgehead atoms. The average molecular weight is 237 g/mol. The van der Waals surface area contributed by atoms with Crippen LogP contribution in [0, 0.1) is 10.8 Å². The average Bonchev–Trinajstić information content (AvgIpc) is 2.14. The fraction of sp³-hybridized carbons (Fsp3) is 0.800. The van der Waals surface area contributed by atoms with Crippen LogP contribution in [0.25, 0.3) is 0 Å². The third kappa shape index (κ3) is 3.34. The predicted molar refractivity (Wildman–Crippen MR) is 72.8 cm³/mol. The molecule has 0 fully saturated rings. The Morgan fingerprint density at radius 3 is 1.82 bits per heavy atom. The van der Waals surface area contributed by atoms with Crippen LogP contribution in [0.3, 0.4) is 0 Å². The maximum Gasteiger partial charge on any atom is 0.219 e. The van der Waals surface area contributed by atoms with Crippen LogP contribution in [0.4, 0.5) is 0 Å². The third-order valence-corrected chi connectivity index (χ3v) is 3.60. The highest BCUT2D eigenvalue weighted by atomic mass is 16.2. The molecule has 0 aliphatic carbocycles. The fourth-order valence-corrected chi connectivity index (χ4v) is 2.55. The van der Waals surface area contributed by atoms with Gasteiger partial charge in [0.25, 0.3) is 0 Å². The van der Waals surface area contributed by atoms with Crippen molar-refractivity contribution in [2.75, 3.05) is 13.1 Å². The maximum absolute atomic E-state index is 11.5. The molecule has 2 heteroatoms. The third-order valence-electron chi connectivity index (χ3n) is 3.60. The lowest BCUT2D eigenvalue weighted by molar-refractivity contribution is -0.128. The van der Waals surface area contributed by atoms with E-state index in [1.54, 1.807) is 12.5 Å². The minimum Gasteiger partial charge on any atom is -0.339 e. The van der Waals surface area contributed by atoms with Crippen LogP contribution in [0.1, 0.15) is 54.9 Å². The quantitative estimate of drug-likeness (QED) is 0.589. The highest BCUT2D eigenvalue weighted by Crippen LogP contribution is 2.40. The lowest BCUT2D eigenvalue weighted by Crippen LogP contribution is -2.40. The Morgan fingerprint density at radius 1 is 1.00 bits per heavy atom. The van der Waals surface area contributed by atoms with E-state index in [4.69, 9.17) is 0 Å². The summed E-state index contributed by atoms with van der Waals surface area (Å²) in [4.78, 5) is 13.5. The molecular weight excluding hydrogens is 210 g/mol. The van der Waals surface area contributed by atoms with Crippen LogP contribution in [0.2, 0.25) is 0 Å². The van der Waals surface area contributed by atoms with Crippen LogP contribution in [-0.4, -0.2) is 23.9 Å². The zero-order valence-electron chi connectivity index (χ0n) is 12.5. The predicted octanol–water partition coefficient (Wildman–Crippen LogP) is 3.63. The molecule has 1 rings (SSSR count). The van der Waals surface area contributed by atoms with Gasteiger partial charge in [-0.15, -0.1) is 0 Å². The molecule has 0 aromatic rings. The Labute approximate surface area is 106 Å². The number of nitrogens with zero attached hydrogens (tertiary/aromatic N) is 1. The van der Waals surface area contributed by atoms with E-state index in [1.807, 2.05) is 4.90 Å². The highest BCUT2D eigenvalue weighted by Gasteiger charge is 2.32. The zero-order valence-corrected chi connectivity index (χ0v) is 12.5. The van der Waals surface area contributed by atoms with Crippen molar-refractivity contribution in [1.29, 1.82) is 0 Å². The minimum atomic E-state index is 0.150. The molecule has 1 aliphatic rings. The normalized spacial score (nSPS) is 18.6. The molecule has 98 valence electrons. The van der Waals surface area contributed by atoms with Crippen LogP contribution < -0.4 is 0 Å². The molecule has 0 unspecified atom stereocenters. The van der Waals surface area contributed by atoms with Gasteiger partial charge in [0.05, 0.1) is 0 Å². The second-order valence-electron chi connectivity index (χ2n) is 7.15. The van der Waals surface area contributed by atoms with Crippen molar-refractivity contribution in [2.45, 2.75) is 54.9 Å². The van der Waals surface area contributed by atoms with Crippen molar-refractivity contribution in [2.24, 2.45) is 10.8 Å². The van der Waals surface area contributed by atoms with E-state index in [1.165, 1.54) is 5.57 Å². The molecule has 0 atom stereocenters. The molecule has 0 radical (unpaired) electrons. The molecular formula is C15H27NO. The summed E-state index contributed by atoms with van der Waals surface area (Å²) in [5.41, 5.74) is 3.36. The van der Waals surface area contributed by atoms with Crippen molar-refractivity contribution in [3.05, 3.63) is 11.1 Å². The highest BCUT2D eigenvalue weighted by molar-refractivity contribution is 5.74. The zero-order chi connectivity index (χ0) is 13.4. The van der Waals surface area contributed by atoms with Gasteiger partial charge < -0.3 is 4.90 Å². The first kappa shape index (κ1) is 14.3. The van der Waals surface area contributed by atoms with Gasteiger partial charge in [0.15, 0.2) is 0 Å². The standard InChI is InChI=1S/C15H27NO/c1-11(17)16-9-8-12(14(2,3)4)13(10-16)15(5,6)7/h8-10H2,1-7H3. The largest absolute Gasteiger partial charge is 0.339 e. The second-order valence-corrected chi connectivity index (χ2v) is 7.15. The lowest BCUT2D eigenvalue weighted by Gasteiger charge is -2.40. The van der Waals surface area contributed by atoms with Gasteiger partial charge in [-0.1, -0.05) is 47.1 Å². The smallest absolute Gasteiger partial charge is 0.219 e. The van der Waals surface area contributed by atoms with Gasteiger partial charge in [-0.2, -0.15) is 0 Å². The van der Waals surface area contributed by atoms with Gasteiger partial charge in [0.2, 0.25) is 5.91 Å². The molecule has 0 aromatic carbocycles. The van der Waals surface area contributed by atoms with E-state index in [0.717, 1.165) is 19.5 Å². The molecule has 1 heterocycles. The van der Waals surface area contributed by atoms with E-state index < -0.39 is 0 Å². The topological polar surface area (TPSA) is 20.3 Å². The second kappa shape index (κ2) is 4.47. The number of rotatable bonds is 0. The van der Waals surface area contributed by atoms with Crippen molar-refractivity contribution < 1.29 is 4.79 Å². The summed E-state index contributed by atoms with van der Waals surface area (Å²) in [6, 6.07) is 0. The van der Waals surface area contributed by atoms with E-state index in [-0.39, 0.29) is 16.7 Å². The van der Waals surface area contributed by atoms with Gasteiger partial charge in [-0.3, -0.25) is 4.79 Å². The summed E-state index contributed by atoms with van der Waals surface area (Å²) < 4.78 is 0. The van der Waals surface area contributed by atoms with Crippen molar-refractivity contribution >= 4 is 5.91 Å². The van der Waals surface area contributed by atoms with Crippen LogP contribution in [-0.2, 0) is 4.79 Å². The Kier molecular flexibility index (Phi) is 3.75. The van der Waals surface area contributed by atoms with Crippen molar-refractivity contribution in [1.82, 2.24) is 4.90 Å². The van der Waals surface area contributed by atoms with Gasteiger partial charge in [-0.05, 0) is 22.8 Å². The summed E-state index contributed by atoms with van der Waals surface area (Å²) in [7, 11) is 0. The van der Waals surface area contributed by atoms with Crippen LogP contribution in [0.15, 0.2) is 11.1 Å². The summed E-state index contributed by atoms with van der Waals surface area (Å²) in [6.07, 6.45) is 1.02. The molecule has 2 nitrogen and oxygen atoms in total. The first-order chi connectivity index (χ1) is 7.53. The Hall–Kier alpha value is -0.790. The van der Waals surface area contributed by atoms with Gasteiger partial charge >= 0.3 is 0 Å². The molecule has 0 aromatic heterocycles. The monoisotopic (exact) mass is 237 g/mol. The summed E-state index contributed by atoms with van der Waals surface area (Å²) in [5, 5.41) is 0. The van der Waals surface area contributed by atoms with Gasteiger partial charge in [0.1, 0.15) is 0 Å². The molecule has 0 saturated carbocycles. The first-order valence-electron chi connectivity index (χ1n) is 6.52. The number of carbonyl (C=O) groups excluding carboxylic acids is 1. The minimum absolute atomic E-state index is 0.150. The van der Waals surface area contributed by atoms with Crippen LogP contribution >= 0.6 is 0 Å². The molecule has 1 amide bonds. The van der Waals surface area contributed by atoms with Crippen molar-refractivity contribution in [3.63, 3.8) is 0 Å². The van der Waals surface area contributed by atoms with Gasteiger partial charge in [-0.25, -0.2) is 0 Å². The van der Waals surface area contributed by atoms with E-state index in [9.17, 15) is 4.79 Å². The van der Waals surface area contributed by atoms with Gasteiger partial charge in [0, 0.05) is 20.0 Å². The molecule has 0 spiro atoms. The number of hydrogen-bond acceptors (Lipinski definition) is 1. The maximum atomic E-state index is 11.5. The van der Waals surface area contributed by atoms with E-state index in [2.05, 4.69) is 41.5 Å². The molecule has 17 heavy (non-hydrogen) atoms. The molecule has 0 saturated heterocycles. The SMILES string of the molecule is CC(=O)N1CCC(C(C)(C)C)=C(C(C)(C)C)C1. The molecule has 0 N–H and O–H groups in total. The number of amides is 1. The first-order valence-corrected chi connectivity index (χ1v) is 6.52.